The zero-order valence-corrected chi connectivity index (χ0v) is 13.8. The number of hydrogen-bond acceptors (Lipinski definition) is 4. The molecular formula is C17H32N2O2. The summed E-state index contributed by atoms with van der Waals surface area (Å²) in [5, 5.41) is 9.05. The number of nitrogens with zero attached hydrogens (tertiary/aromatic N) is 2. The van der Waals surface area contributed by atoms with Crippen molar-refractivity contribution in [2.45, 2.75) is 39.5 Å². The van der Waals surface area contributed by atoms with Crippen LogP contribution in [-0.4, -0.2) is 66.6 Å². The average Bonchev–Trinajstić information content (AvgIpc) is 2.67. The third-order valence-electron chi connectivity index (χ3n) is 5.32. The number of ketones is 1. The second-order valence-electron chi connectivity index (χ2n) is 7.16. The number of carbonyl (C=O) groups excluding carboxylic acids is 1. The molecule has 4 heteroatoms. The van der Waals surface area contributed by atoms with Crippen LogP contribution in [0.3, 0.4) is 0 Å². The van der Waals surface area contributed by atoms with E-state index in [2.05, 4.69) is 23.6 Å². The molecule has 2 rings (SSSR count). The molecule has 2 atom stereocenters. The van der Waals surface area contributed by atoms with Crippen LogP contribution in [0, 0.1) is 17.8 Å². The molecule has 1 N–H and O–H groups in total. The number of aliphatic hydroxyl groups is 1. The zero-order chi connectivity index (χ0) is 15.2. The SMILES string of the molecule is CC(C)C1CCC(=O)C(CN2CCCN(CCO)CC2)C1. The smallest absolute Gasteiger partial charge is 0.137 e. The van der Waals surface area contributed by atoms with Crippen LogP contribution in [0.25, 0.3) is 0 Å². The summed E-state index contributed by atoms with van der Waals surface area (Å²) < 4.78 is 0. The van der Waals surface area contributed by atoms with Gasteiger partial charge in [-0.2, -0.15) is 0 Å². The van der Waals surface area contributed by atoms with Crippen LogP contribution >= 0.6 is 0 Å². The lowest BCUT2D eigenvalue weighted by atomic mass is 9.75. The highest BCUT2D eigenvalue weighted by Gasteiger charge is 2.31. The fraction of sp³-hybridized carbons (Fsp3) is 0.941. The predicted molar refractivity (Wildman–Crippen MR) is 85.3 cm³/mol. The van der Waals surface area contributed by atoms with E-state index in [-0.39, 0.29) is 12.5 Å². The van der Waals surface area contributed by atoms with E-state index in [9.17, 15) is 4.79 Å². The van der Waals surface area contributed by atoms with E-state index >= 15 is 0 Å². The van der Waals surface area contributed by atoms with Crippen molar-refractivity contribution in [1.82, 2.24) is 9.80 Å². The molecule has 0 amide bonds. The fourth-order valence-corrected chi connectivity index (χ4v) is 3.81. The number of Topliss-reactive ketones (excluding diaryl/α,β-unsaturated/α-hetero) is 1. The molecular weight excluding hydrogens is 264 g/mol. The quantitative estimate of drug-likeness (QED) is 0.837. The first kappa shape index (κ1) is 16.9. The van der Waals surface area contributed by atoms with Crippen molar-refractivity contribution in [3.8, 4) is 0 Å². The molecule has 4 nitrogen and oxygen atoms in total. The maximum Gasteiger partial charge on any atom is 0.137 e. The number of aliphatic hydroxyl groups excluding tert-OH is 1. The minimum Gasteiger partial charge on any atom is -0.395 e. The molecule has 1 saturated carbocycles. The van der Waals surface area contributed by atoms with Gasteiger partial charge in [0.15, 0.2) is 0 Å². The number of hydrogen-bond donors (Lipinski definition) is 1. The van der Waals surface area contributed by atoms with E-state index in [0.29, 0.717) is 11.7 Å². The van der Waals surface area contributed by atoms with Gasteiger partial charge in [0.25, 0.3) is 0 Å². The summed E-state index contributed by atoms with van der Waals surface area (Å²) >= 11 is 0. The van der Waals surface area contributed by atoms with Gasteiger partial charge in [0.1, 0.15) is 5.78 Å². The van der Waals surface area contributed by atoms with Crippen molar-refractivity contribution in [1.29, 1.82) is 0 Å². The molecule has 0 radical (unpaired) electrons. The Morgan fingerprint density at radius 1 is 1.19 bits per heavy atom. The normalized spacial score (nSPS) is 29.8. The Labute approximate surface area is 129 Å². The lowest BCUT2D eigenvalue weighted by Crippen LogP contribution is -2.39. The van der Waals surface area contributed by atoms with Crippen LogP contribution in [0.5, 0.6) is 0 Å². The van der Waals surface area contributed by atoms with E-state index in [1.165, 1.54) is 0 Å². The minimum atomic E-state index is 0.247. The maximum atomic E-state index is 12.2. The largest absolute Gasteiger partial charge is 0.395 e. The van der Waals surface area contributed by atoms with Gasteiger partial charge >= 0.3 is 0 Å². The molecule has 0 aromatic rings. The third-order valence-corrected chi connectivity index (χ3v) is 5.32. The standard InChI is InChI=1S/C17H32N2O2/c1-14(2)15-4-5-17(21)16(12-15)13-19-7-3-6-18(8-9-19)10-11-20/h14-16,20H,3-13H2,1-2H3. The highest BCUT2D eigenvalue weighted by Crippen LogP contribution is 2.32. The number of β-amino-alcohol motifs (C(OH)–C–C–N with tert-alkyl or cyclic N) is 1. The molecule has 21 heavy (non-hydrogen) atoms. The van der Waals surface area contributed by atoms with Gasteiger partial charge in [-0.1, -0.05) is 13.8 Å². The highest BCUT2D eigenvalue weighted by molar-refractivity contribution is 5.82. The van der Waals surface area contributed by atoms with Gasteiger partial charge in [-0.05, 0) is 44.2 Å². The summed E-state index contributed by atoms with van der Waals surface area (Å²) in [6.45, 7) is 10.8. The molecule has 1 aliphatic carbocycles. The molecule has 0 aromatic heterocycles. The lowest BCUT2D eigenvalue weighted by molar-refractivity contribution is -0.126. The highest BCUT2D eigenvalue weighted by atomic mass is 16.3. The summed E-state index contributed by atoms with van der Waals surface area (Å²) in [6, 6.07) is 0. The minimum absolute atomic E-state index is 0.247. The first-order valence-corrected chi connectivity index (χ1v) is 8.68. The summed E-state index contributed by atoms with van der Waals surface area (Å²) in [4.78, 5) is 17.0. The van der Waals surface area contributed by atoms with Gasteiger partial charge in [0.2, 0.25) is 0 Å². The van der Waals surface area contributed by atoms with Crippen molar-refractivity contribution in [3.63, 3.8) is 0 Å². The van der Waals surface area contributed by atoms with Crippen molar-refractivity contribution < 1.29 is 9.90 Å². The zero-order valence-electron chi connectivity index (χ0n) is 13.8. The average molecular weight is 296 g/mol. The van der Waals surface area contributed by atoms with E-state index in [4.69, 9.17) is 5.11 Å². The monoisotopic (exact) mass is 296 g/mol. The Hall–Kier alpha value is -0.450. The fourth-order valence-electron chi connectivity index (χ4n) is 3.81. The van der Waals surface area contributed by atoms with Gasteiger partial charge < -0.3 is 10.0 Å². The third kappa shape index (κ3) is 5.04. The van der Waals surface area contributed by atoms with Crippen LogP contribution in [0.2, 0.25) is 0 Å². The Balaban J connectivity index is 1.83. The Kier molecular flexibility index (Phi) is 6.65. The van der Waals surface area contributed by atoms with Crippen LogP contribution in [0.4, 0.5) is 0 Å². The molecule has 1 saturated heterocycles. The van der Waals surface area contributed by atoms with Gasteiger partial charge in [-0.3, -0.25) is 9.69 Å². The van der Waals surface area contributed by atoms with Crippen molar-refractivity contribution in [2.24, 2.45) is 17.8 Å². The summed E-state index contributed by atoms with van der Waals surface area (Å²) in [5.74, 6) is 2.18. The predicted octanol–water partition coefficient (Wildman–Crippen LogP) is 1.63. The van der Waals surface area contributed by atoms with Crippen LogP contribution < -0.4 is 0 Å². The maximum absolute atomic E-state index is 12.2. The molecule has 2 fully saturated rings. The molecule has 0 spiro atoms. The molecule has 2 unspecified atom stereocenters. The molecule has 2 aliphatic rings. The molecule has 122 valence electrons. The van der Waals surface area contributed by atoms with Gasteiger partial charge in [-0.25, -0.2) is 0 Å². The molecule has 0 bridgehead atoms. The number of rotatable bonds is 5. The van der Waals surface area contributed by atoms with E-state index in [0.717, 1.165) is 70.9 Å². The van der Waals surface area contributed by atoms with Crippen molar-refractivity contribution in [3.05, 3.63) is 0 Å². The Morgan fingerprint density at radius 2 is 1.90 bits per heavy atom. The van der Waals surface area contributed by atoms with Gasteiger partial charge in [0, 0.05) is 38.5 Å². The summed E-state index contributed by atoms with van der Waals surface area (Å²) in [5.41, 5.74) is 0. The molecule has 1 heterocycles. The number of carbonyl (C=O) groups is 1. The Bertz CT molecular complexity index is 333. The summed E-state index contributed by atoms with van der Waals surface area (Å²) in [7, 11) is 0. The molecule has 0 aromatic carbocycles. The van der Waals surface area contributed by atoms with Gasteiger partial charge in [0.05, 0.1) is 6.61 Å². The Morgan fingerprint density at radius 3 is 2.62 bits per heavy atom. The lowest BCUT2D eigenvalue weighted by Gasteiger charge is -2.33. The first-order chi connectivity index (χ1) is 10.1. The first-order valence-electron chi connectivity index (χ1n) is 8.68. The second kappa shape index (κ2) is 8.25. The topological polar surface area (TPSA) is 43.8 Å². The van der Waals surface area contributed by atoms with Crippen LogP contribution in [-0.2, 0) is 4.79 Å². The van der Waals surface area contributed by atoms with Crippen LogP contribution in [0.1, 0.15) is 39.5 Å². The van der Waals surface area contributed by atoms with Crippen LogP contribution in [0.15, 0.2) is 0 Å². The molecule has 1 aliphatic heterocycles. The van der Waals surface area contributed by atoms with Crippen molar-refractivity contribution >= 4 is 5.78 Å². The van der Waals surface area contributed by atoms with Crippen molar-refractivity contribution in [2.75, 3.05) is 45.9 Å². The second-order valence-corrected chi connectivity index (χ2v) is 7.16. The van der Waals surface area contributed by atoms with E-state index in [1.807, 2.05) is 0 Å². The van der Waals surface area contributed by atoms with E-state index in [1.54, 1.807) is 0 Å². The van der Waals surface area contributed by atoms with Gasteiger partial charge in [-0.15, -0.1) is 0 Å². The van der Waals surface area contributed by atoms with E-state index < -0.39 is 0 Å². The summed E-state index contributed by atoms with van der Waals surface area (Å²) in [6.07, 6.45) is 4.12.